The number of aromatic nitrogens is 2. The van der Waals surface area contributed by atoms with Gasteiger partial charge in [-0.2, -0.15) is 5.10 Å². The highest BCUT2D eigenvalue weighted by atomic mass is 79.9. The average Bonchev–Trinajstić information content (AvgIpc) is 3.11. The minimum Gasteiger partial charge on any atom is -0.387 e. The number of hydrogen-bond donors (Lipinski definition) is 1. The fourth-order valence-corrected chi connectivity index (χ4v) is 4.36. The van der Waals surface area contributed by atoms with Gasteiger partial charge in [-0.15, -0.1) is 11.3 Å². The number of aliphatic hydroxyl groups excluding tert-OH is 1. The van der Waals surface area contributed by atoms with Crippen molar-refractivity contribution in [3.8, 4) is 0 Å². The van der Waals surface area contributed by atoms with Gasteiger partial charge in [-0.05, 0) is 53.4 Å². The van der Waals surface area contributed by atoms with Crippen LogP contribution >= 0.6 is 27.3 Å². The molecule has 2 heterocycles. The highest BCUT2D eigenvalue weighted by Crippen LogP contribution is 2.33. The van der Waals surface area contributed by atoms with E-state index in [-0.39, 0.29) is 0 Å². The van der Waals surface area contributed by atoms with E-state index in [9.17, 15) is 5.11 Å². The van der Waals surface area contributed by atoms with Gasteiger partial charge in [0.25, 0.3) is 0 Å². The van der Waals surface area contributed by atoms with E-state index in [1.807, 2.05) is 19.1 Å². The van der Waals surface area contributed by atoms with Gasteiger partial charge in [-0.25, -0.2) is 0 Å². The van der Waals surface area contributed by atoms with E-state index in [0.29, 0.717) is 12.5 Å². The van der Waals surface area contributed by atoms with Crippen LogP contribution in [-0.4, -0.2) is 14.9 Å². The monoisotopic (exact) mass is 354 g/mol. The molecular formula is C15H19BrN2OS. The van der Waals surface area contributed by atoms with E-state index >= 15 is 0 Å². The van der Waals surface area contributed by atoms with Crippen LogP contribution in [0.15, 0.2) is 22.1 Å². The first kappa shape index (κ1) is 14.3. The lowest BCUT2D eigenvalue weighted by atomic mass is 10.1. The molecule has 2 aromatic heterocycles. The first-order valence-corrected chi connectivity index (χ1v) is 8.72. The average molecular weight is 355 g/mol. The van der Waals surface area contributed by atoms with Crippen LogP contribution < -0.4 is 0 Å². The summed E-state index contributed by atoms with van der Waals surface area (Å²) in [5, 5.41) is 15.0. The summed E-state index contributed by atoms with van der Waals surface area (Å²) in [6.07, 6.45) is 7.29. The van der Waals surface area contributed by atoms with Crippen molar-refractivity contribution < 1.29 is 5.11 Å². The van der Waals surface area contributed by atoms with Crippen LogP contribution in [-0.2, 0) is 6.42 Å². The summed E-state index contributed by atoms with van der Waals surface area (Å²) >= 11 is 5.11. The van der Waals surface area contributed by atoms with Crippen molar-refractivity contribution in [3.05, 3.63) is 38.3 Å². The molecule has 0 saturated heterocycles. The second-order valence-corrected chi connectivity index (χ2v) is 7.95. The summed E-state index contributed by atoms with van der Waals surface area (Å²) in [5.41, 5.74) is 2.16. The Labute approximate surface area is 131 Å². The molecule has 1 fully saturated rings. The van der Waals surface area contributed by atoms with Crippen LogP contribution in [0.4, 0.5) is 0 Å². The van der Waals surface area contributed by atoms with Gasteiger partial charge in [0.2, 0.25) is 0 Å². The maximum atomic E-state index is 10.3. The van der Waals surface area contributed by atoms with Crippen molar-refractivity contribution >= 4 is 27.3 Å². The van der Waals surface area contributed by atoms with E-state index in [0.717, 1.165) is 14.4 Å². The molecule has 1 aliphatic rings. The fraction of sp³-hybridized carbons (Fsp3) is 0.533. The smallest absolute Gasteiger partial charge is 0.0938 e. The predicted molar refractivity (Wildman–Crippen MR) is 85.2 cm³/mol. The van der Waals surface area contributed by atoms with Crippen LogP contribution in [0, 0.1) is 6.92 Å². The Kier molecular flexibility index (Phi) is 4.29. The molecule has 108 valence electrons. The quantitative estimate of drug-likeness (QED) is 0.882. The van der Waals surface area contributed by atoms with E-state index < -0.39 is 6.10 Å². The Morgan fingerprint density at radius 1 is 1.50 bits per heavy atom. The molecule has 1 N–H and O–H groups in total. The lowest BCUT2D eigenvalue weighted by Crippen LogP contribution is -2.07. The molecule has 1 atom stereocenters. The third kappa shape index (κ3) is 3.00. The summed E-state index contributed by atoms with van der Waals surface area (Å²) in [5.74, 6) is 0. The van der Waals surface area contributed by atoms with E-state index in [1.165, 1.54) is 31.2 Å². The number of aliphatic hydroxyl groups is 1. The maximum absolute atomic E-state index is 10.3. The molecule has 1 unspecified atom stereocenters. The topological polar surface area (TPSA) is 38.0 Å². The highest BCUT2D eigenvalue weighted by molar-refractivity contribution is 9.11. The second kappa shape index (κ2) is 6.00. The summed E-state index contributed by atoms with van der Waals surface area (Å²) in [7, 11) is 0. The molecular weight excluding hydrogens is 336 g/mol. The SMILES string of the molecule is Cc1cc(C(O)Cc2ccn(C3CCCC3)n2)sc1Br. The zero-order valence-electron chi connectivity index (χ0n) is 11.6. The third-order valence-electron chi connectivity index (χ3n) is 3.97. The lowest BCUT2D eigenvalue weighted by molar-refractivity contribution is 0.180. The van der Waals surface area contributed by atoms with Crippen LogP contribution in [0.5, 0.6) is 0 Å². The van der Waals surface area contributed by atoms with Crippen LogP contribution in [0.1, 0.15) is 54.0 Å². The molecule has 3 nitrogen and oxygen atoms in total. The molecule has 20 heavy (non-hydrogen) atoms. The van der Waals surface area contributed by atoms with Crippen molar-refractivity contribution in [2.24, 2.45) is 0 Å². The Bertz CT molecular complexity index is 567. The van der Waals surface area contributed by atoms with Gasteiger partial charge >= 0.3 is 0 Å². The molecule has 3 rings (SSSR count). The van der Waals surface area contributed by atoms with Crippen LogP contribution in [0.25, 0.3) is 0 Å². The predicted octanol–water partition coefficient (Wildman–Crippen LogP) is 4.41. The van der Waals surface area contributed by atoms with Gasteiger partial charge in [-0.1, -0.05) is 12.8 Å². The standard InChI is InChI=1S/C15H19BrN2OS/c1-10-8-14(20-15(10)16)13(19)9-11-6-7-18(17-11)12-4-2-3-5-12/h6-8,12-13,19H,2-5,9H2,1H3. The fourth-order valence-electron chi connectivity index (χ4n) is 2.80. The van der Waals surface area contributed by atoms with Crippen molar-refractivity contribution in [1.29, 1.82) is 0 Å². The van der Waals surface area contributed by atoms with Gasteiger partial charge in [0, 0.05) is 17.5 Å². The van der Waals surface area contributed by atoms with Crippen LogP contribution in [0.3, 0.4) is 0 Å². The Morgan fingerprint density at radius 3 is 2.90 bits per heavy atom. The first-order chi connectivity index (χ1) is 9.63. The molecule has 0 aromatic carbocycles. The molecule has 1 aliphatic carbocycles. The molecule has 0 spiro atoms. The summed E-state index contributed by atoms with van der Waals surface area (Å²) in [6, 6.07) is 4.66. The zero-order valence-corrected chi connectivity index (χ0v) is 14.0. The van der Waals surface area contributed by atoms with Gasteiger partial charge in [0.05, 0.1) is 21.6 Å². The molecule has 0 radical (unpaired) electrons. The first-order valence-electron chi connectivity index (χ1n) is 7.11. The van der Waals surface area contributed by atoms with Gasteiger partial charge < -0.3 is 5.11 Å². The Balaban J connectivity index is 1.68. The molecule has 0 aliphatic heterocycles. The second-order valence-electron chi connectivity index (χ2n) is 5.55. The Hall–Kier alpha value is -0.650. The van der Waals surface area contributed by atoms with Crippen molar-refractivity contribution in [2.45, 2.75) is 51.2 Å². The van der Waals surface area contributed by atoms with Gasteiger partial charge in [0.15, 0.2) is 0 Å². The number of hydrogen-bond acceptors (Lipinski definition) is 3. The third-order valence-corrected chi connectivity index (χ3v) is 6.21. The molecule has 0 bridgehead atoms. The normalized spacial score (nSPS) is 17.8. The molecule has 0 amide bonds. The maximum Gasteiger partial charge on any atom is 0.0938 e. The highest BCUT2D eigenvalue weighted by Gasteiger charge is 2.19. The van der Waals surface area contributed by atoms with Gasteiger partial charge in [0.1, 0.15) is 0 Å². The van der Waals surface area contributed by atoms with E-state index in [2.05, 4.69) is 31.9 Å². The van der Waals surface area contributed by atoms with Gasteiger partial charge in [-0.3, -0.25) is 4.68 Å². The van der Waals surface area contributed by atoms with Crippen molar-refractivity contribution in [1.82, 2.24) is 9.78 Å². The number of rotatable bonds is 4. The molecule has 1 saturated carbocycles. The summed E-state index contributed by atoms with van der Waals surface area (Å²) in [6.45, 7) is 2.05. The number of nitrogens with zero attached hydrogens (tertiary/aromatic N) is 2. The lowest BCUT2D eigenvalue weighted by Gasteiger charge is -2.09. The summed E-state index contributed by atoms with van der Waals surface area (Å²) in [4.78, 5) is 1.00. The Morgan fingerprint density at radius 2 is 2.25 bits per heavy atom. The minimum atomic E-state index is -0.461. The molecule has 5 heteroatoms. The van der Waals surface area contributed by atoms with Crippen molar-refractivity contribution in [2.75, 3.05) is 0 Å². The van der Waals surface area contributed by atoms with Crippen molar-refractivity contribution in [3.63, 3.8) is 0 Å². The van der Waals surface area contributed by atoms with E-state index in [1.54, 1.807) is 11.3 Å². The summed E-state index contributed by atoms with van der Waals surface area (Å²) < 4.78 is 3.19. The zero-order chi connectivity index (χ0) is 14.1. The molecule has 2 aromatic rings. The van der Waals surface area contributed by atoms with E-state index in [4.69, 9.17) is 0 Å². The minimum absolute atomic E-state index is 0.461. The number of aryl methyl sites for hydroxylation is 1. The van der Waals surface area contributed by atoms with Crippen LogP contribution in [0.2, 0.25) is 0 Å². The number of thiophene rings is 1. The number of halogens is 1. The largest absolute Gasteiger partial charge is 0.387 e.